The van der Waals surface area contributed by atoms with Crippen LogP contribution in [0.15, 0.2) is 0 Å². The van der Waals surface area contributed by atoms with E-state index in [1.54, 1.807) is 41.5 Å². The zero-order valence-electron chi connectivity index (χ0n) is 9.34. The first kappa shape index (κ1) is 23.9. The summed E-state index contributed by atoms with van der Waals surface area (Å²) in [5, 5.41) is 24.2. The summed E-state index contributed by atoms with van der Waals surface area (Å²) >= 11 is 0. The standard InChI is InChI=1S/3C3H8O.Yb/c3*1-3(2)4;/h3*3-4H,1-2H3;. The molecule has 0 atom stereocenters. The van der Waals surface area contributed by atoms with Crippen molar-refractivity contribution in [1.82, 2.24) is 0 Å². The van der Waals surface area contributed by atoms with Crippen LogP contribution in [0, 0.1) is 46.9 Å². The van der Waals surface area contributed by atoms with E-state index in [9.17, 15) is 0 Å². The van der Waals surface area contributed by atoms with Gasteiger partial charge in [-0.2, -0.15) is 0 Å². The van der Waals surface area contributed by atoms with Gasteiger partial charge in [-0.3, -0.25) is 0 Å². The fraction of sp³-hybridized carbons (Fsp3) is 1.00. The minimum absolute atomic E-state index is 0. The van der Waals surface area contributed by atoms with Gasteiger partial charge in [0.1, 0.15) is 0 Å². The molecule has 0 aromatic heterocycles. The van der Waals surface area contributed by atoms with Gasteiger partial charge in [0.05, 0.1) is 0 Å². The van der Waals surface area contributed by atoms with Gasteiger partial charge in [-0.1, -0.05) is 0 Å². The molecular formula is C9H24O3Yb. The van der Waals surface area contributed by atoms with Crippen molar-refractivity contribution < 1.29 is 62.2 Å². The number of hydrogen-bond acceptors (Lipinski definition) is 3. The van der Waals surface area contributed by atoms with Crippen molar-refractivity contribution in [2.75, 3.05) is 0 Å². The van der Waals surface area contributed by atoms with Gasteiger partial charge >= 0.3 is 0 Å². The van der Waals surface area contributed by atoms with E-state index in [4.69, 9.17) is 15.3 Å². The molecule has 0 radical (unpaired) electrons. The summed E-state index contributed by atoms with van der Waals surface area (Å²) in [4.78, 5) is 0. The number of aliphatic hydroxyl groups is 3. The van der Waals surface area contributed by atoms with E-state index in [1.807, 2.05) is 0 Å². The average molecular weight is 353 g/mol. The van der Waals surface area contributed by atoms with Gasteiger partial charge < -0.3 is 15.3 Å². The Morgan fingerprint density at radius 2 is 0.538 bits per heavy atom. The molecule has 3 nitrogen and oxygen atoms in total. The predicted molar refractivity (Wildman–Crippen MR) is 52.1 cm³/mol. The second-order valence-electron chi connectivity index (χ2n) is 3.28. The Hall–Kier alpha value is 1.40. The van der Waals surface area contributed by atoms with Crippen LogP contribution in [0.25, 0.3) is 0 Å². The van der Waals surface area contributed by atoms with Crippen LogP contribution < -0.4 is 0 Å². The van der Waals surface area contributed by atoms with Crippen molar-refractivity contribution in [3.05, 3.63) is 0 Å². The van der Waals surface area contributed by atoms with Crippen LogP contribution in [-0.4, -0.2) is 33.6 Å². The molecule has 0 unspecified atom stereocenters. The summed E-state index contributed by atoms with van der Waals surface area (Å²) in [6.07, 6.45) is -0.500. The maximum atomic E-state index is 8.06. The third kappa shape index (κ3) is 889. The molecule has 0 fully saturated rings. The molecule has 0 saturated carbocycles. The number of hydrogen-bond donors (Lipinski definition) is 3. The number of aliphatic hydroxyl groups excluding tert-OH is 3. The molecule has 0 amide bonds. The van der Waals surface area contributed by atoms with Gasteiger partial charge in [0, 0.05) is 65.2 Å². The van der Waals surface area contributed by atoms with Gasteiger partial charge in [0.25, 0.3) is 0 Å². The van der Waals surface area contributed by atoms with Crippen molar-refractivity contribution in [2.24, 2.45) is 0 Å². The van der Waals surface area contributed by atoms with Gasteiger partial charge in [0.2, 0.25) is 0 Å². The van der Waals surface area contributed by atoms with E-state index >= 15 is 0 Å². The van der Waals surface area contributed by atoms with Crippen LogP contribution in [0.2, 0.25) is 0 Å². The van der Waals surface area contributed by atoms with E-state index in [1.165, 1.54) is 0 Å². The van der Waals surface area contributed by atoms with Gasteiger partial charge in [-0.25, -0.2) is 0 Å². The first-order valence-electron chi connectivity index (χ1n) is 4.24. The molecule has 0 saturated heterocycles. The van der Waals surface area contributed by atoms with Crippen molar-refractivity contribution in [1.29, 1.82) is 0 Å². The first-order valence-corrected chi connectivity index (χ1v) is 4.24. The van der Waals surface area contributed by atoms with E-state index in [2.05, 4.69) is 0 Å². The molecule has 4 heteroatoms. The molecule has 0 aliphatic rings. The molecule has 0 aromatic rings. The Kier molecular flexibility index (Phi) is 35.0. The molecule has 0 heterocycles. The fourth-order valence-corrected chi connectivity index (χ4v) is 0. The minimum atomic E-state index is -0.167. The Morgan fingerprint density at radius 3 is 0.538 bits per heavy atom. The van der Waals surface area contributed by atoms with Crippen molar-refractivity contribution in [3.8, 4) is 0 Å². The van der Waals surface area contributed by atoms with Gasteiger partial charge in [-0.15, -0.1) is 0 Å². The van der Waals surface area contributed by atoms with Crippen LogP contribution >= 0.6 is 0 Å². The molecule has 3 N–H and O–H groups in total. The molecular weight excluding hydrogens is 329 g/mol. The maximum Gasteiger partial charge on any atom is 0.0483 e. The molecule has 0 rings (SSSR count). The second-order valence-corrected chi connectivity index (χ2v) is 3.28. The van der Waals surface area contributed by atoms with Crippen molar-refractivity contribution >= 4 is 0 Å². The summed E-state index contributed by atoms with van der Waals surface area (Å²) < 4.78 is 0. The molecule has 0 spiro atoms. The smallest absolute Gasteiger partial charge is 0.0483 e. The monoisotopic (exact) mass is 354 g/mol. The Morgan fingerprint density at radius 1 is 0.538 bits per heavy atom. The minimum Gasteiger partial charge on any atom is -0.394 e. The molecule has 0 bridgehead atoms. The Labute approximate surface area is 121 Å². The van der Waals surface area contributed by atoms with E-state index in [0.717, 1.165) is 0 Å². The van der Waals surface area contributed by atoms with Crippen LogP contribution in [-0.2, 0) is 0 Å². The molecule has 0 aliphatic heterocycles. The van der Waals surface area contributed by atoms with Gasteiger partial charge in [0.15, 0.2) is 0 Å². The van der Waals surface area contributed by atoms with Crippen LogP contribution in [0.5, 0.6) is 0 Å². The third-order valence-electron chi connectivity index (χ3n) is 0. The summed E-state index contributed by atoms with van der Waals surface area (Å²) in [7, 11) is 0. The van der Waals surface area contributed by atoms with Crippen molar-refractivity contribution in [3.63, 3.8) is 0 Å². The normalized spacial score (nSPS) is 8.31. The molecule has 92 valence electrons. The quantitative estimate of drug-likeness (QED) is 0.613. The molecule has 13 heavy (non-hydrogen) atoms. The van der Waals surface area contributed by atoms with Crippen LogP contribution in [0.4, 0.5) is 0 Å². The summed E-state index contributed by atoms with van der Waals surface area (Å²) in [6.45, 7) is 10.3. The first-order chi connectivity index (χ1) is 5.20. The third-order valence-corrected chi connectivity index (χ3v) is 0. The van der Waals surface area contributed by atoms with Crippen molar-refractivity contribution in [2.45, 2.75) is 59.9 Å². The zero-order valence-corrected chi connectivity index (χ0v) is 11.1. The zero-order chi connectivity index (χ0) is 10.7. The summed E-state index contributed by atoms with van der Waals surface area (Å²) in [5.74, 6) is 0. The van der Waals surface area contributed by atoms with Gasteiger partial charge in [-0.05, 0) is 41.5 Å². The topological polar surface area (TPSA) is 60.7 Å². The second kappa shape index (κ2) is 19.0. The SMILES string of the molecule is CC(C)O.CC(C)O.CC(C)O.[Yb]. The molecule has 0 aliphatic carbocycles. The Balaban J connectivity index is -0.0000000450. The molecule has 0 aromatic carbocycles. The maximum absolute atomic E-state index is 8.06. The van der Waals surface area contributed by atoms with E-state index in [0.29, 0.717) is 0 Å². The van der Waals surface area contributed by atoms with E-state index < -0.39 is 0 Å². The summed E-state index contributed by atoms with van der Waals surface area (Å²) in [6, 6.07) is 0. The largest absolute Gasteiger partial charge is 0.394 e. The van der Waals surface area contributed by atoms with Crippen LogP contribution in [0.3, 0.4) is 0 Å². The number of rotatable bonds is 0. The predicted octanol–water partition coefficient (Wildman–Crippen LogP) is 1.16. The van der Waals surface area contributed by atoms with Crippen LogP contribution in [0.1, 0.15) is 41.5 Å². The van der Waals surface area contributed by atoms with E-state index in [-0.39, 0.29) is 65.2 Å². The fourth-order valence-electron chi connectivity index (χ4n) is 0. The summed E-state index contributed by atoms with van der Waals surface area (Å²) in [5.41, 5.74) is 0. The Bertz CT molecular complexity index is 43.4. The average Bonchev–Trinajstić information content (AvgIpc) is 1.54.